The van der Waals surface area contributed by atoms with Gasteiger partial charge in [-0.2, -0.15) is 0 Å². The van der Waals surface area contributed by atoms with Gasteiger partial charge in [0.05, 0.1) is 20.3 Å². The van der Waals surface area contributed by atoms with Crippen LogP contribution in [-0.4, -0.2) is 32.1 Å². The van der Waals surface area contributed by atoms with Gasteiger partial charge in [-0.3, -0.25) is 9.59 Å². The molecule has 1 amide bonds. The van der Waals surface area contributed by atoms with Crippen LogP contribution in [0.2, 0.25) is 0 Å². The molecule has 1 heterocycles. The zero-order valence-electron chi connectivity index (χ0n) is 10.8. The smallest absolute Gasteiger partial charge is 0.407 e. The van der Waals surface area contributed by atoms with Crippen LogP contribution in [0.5, 0.6) is 0 Å². The lowest BCUT2D eigenvalue weighted by Crippen LogP contribution is -2.40. The Labute approximate surface area is 114 Å². The zero-order chi connectivity index (χ0) is 14.4. The molecular weight excluding hydrogens is 270 g/mol. The fraction of sp³-hybridized carbons (Fsp3) is 0.417. The first kappa shape index (κ1) is 15.2. The van der Waals surface area contributed by atoms with E-state index in [-0.39, 0.29) is 5.78 Å². The van der Waals surface area contributed by atoms with Gasteiger partial charge in [-0.1, -0.05) is 6.07 Å². The zero-order valence-corrected chi connectivity index (χ0v) is 11.7. The molecule has 1 N–H and O–H groups in total. The van der Waals surface area contributed by atoms with E-state index in [1.807, 2.05) is 0 Å². The van der Waals surface area contributed by atoms with E-state index in [1.165, 1.54) is 32.5 Å². The van der Waals surface area contributed by atoms with Crippen molar-refractivity contribution < 1.29 is 23.9 Å². The number of esters is 1. The van der Waals surface area contributed by atoms with Crippen molar-refractivity contribution in [1.82, 2.24) is 5.32 Å². The molecule has 0 fully saturated rings. The highest BCUT2D eigenvalue weighted by molar-refractivity contribution is 7.10. The third kappa shape index (κ3) is 3.78. The van der Waals surface area contributed by atoms with Crippen molar-refractivity contribution in [2.24, 2.45) is 5.92 Å². The van der Waals surface area contributed by atoms with E-state index in [4.69, 9.17) is 0 Å². The molecular formula is C12H15NO5S. The third-order valence-corrected chi connectivity index (χ3v) is 3.49. The highest BCUT2D eigenvalue weighted by Crippen LogP contribution is 2.28. The number of thiophene rings is 1. The summed E-state index contributed by atoms with van der Waals surface area (Å²) in [4.78, 5) is 35.4. The van der Waals surface area contributed by atoms with E-state index < -0.39 is 24.0 Å². The Hall–Kier alpha value is -1.89. The van der Waals surface area contributed by atoms with Crippen LogP contribution in [0.25, 0.3) is 0 Å². The van der Waals surface area contributed by atoms with Crippen LogP contribution in [0.15, 0.2) is 17.5 Å². The maximum absolute atomic E-state index is 11.7. The average Bonchev–Trinajstić information content (AvgIpc) is 2.90. The fourth-order valence-electron chi connectivity index (χ4n) is 1.64. The molecule has 0 aliphatic heterocycles. The number of alkyl carbamates (subject to hydrolysis) is 1. The second-order valence-electron chi connectivity index (χ2n) is 3.74. The minimum absolute atomic E-state index is 0.387. The number of hydrogen-bond acceptors (Lipinski definition) is 6. The maximum atomic E-state index is 11.7. The first-order chi connectivity index (χ1) is 9.01. The Morgan fingerprint density at radius 3 is 2.37 bits per heavy atom. The van der Waals surface area contributed by atoms with E-state index in [1.54, 1.807) is 17.5 Å². The maximum Gasteiger partial charge on any atom is 0.407 e. The lowest BCUT2D eigenvalue weighted by molar-refractivity contribution is -0.150. The lowest BCUT2D eigenvalue weighted by Gasteiger charge is -2.22. The SMILES string of the molecule is COC(=O)NC(c1cccs1)C(C(C)=O)C(=O)OC. The monoisotopic (exact) mass is 285 g/mol. The van der Waals surface area contributed by atoms with Crippen molar-refractivity contribution in [1.29, 1.82) is 0 Å². The summed E-state index contributed by atoms with van der Waals surface area (Å²) in [6.45, 7) is 1.28. The summed E-state index contributed by atoms with van der Waals surface area (Å²) in [6.07, 6.45) is -0.714. The third-order valence-electron chi connectivity index (χ3n) is 2.53. The number of ketones is 1. The number of rotatable bonds is 5. The molecule has 0 saturated heterocycles. The van der Waals surface area contributed by atoms with Crippen LogP contribution in [-0.2, 0) is 19.1 Å². The summed E-state index contributed by atoms with van der Waals surface area (Å²) in [6, 6.07) is 2.70. The molecule has 1 rings (SSSR count). The Morgan fingerprint density at radius 1 is 1.26 bits per heavy atom. The van der Waals surface area contributed by atoms with Crippen molar-refractivity contribution in [2.75, 3.05) is 14.2 Å². The molecule has 104 valence electrons. The number of carbonyl (C=O) groups is 3. The normalized spacial score (nSPS) is 13.2. The summed E-state index contributed by atoms with van der Waals surface area (Å²) in [5, 5.41) is 4.28. The molecule has 6 nitrogen and oxygen atoms in total. The highest BCUT2D eigenvalue weighted by atomic mass is 32.1. The molecule has 1 aromatic rings. The van der Waals surface area contributed by atoms with Crippen LogP contribution in [0.3, 0.4) is 0 Å². The van der Waals surface area contributed by atoms with Gasteiger partial charge >= 0.3 is 12.1 Å². The van der Waals surface area contributed by atoms with Crippen LogP contribution >= 0.6 is 11.3 Å². The largest absolute Gasteiger partial charge is 0.468 e. The molecule has 0 bridgehead atoms. The van der Waals surface area contributed by atoms with Gasteiger partial charge in [0, 0.05) is 4.88 Å². The molecule has 0 spiro atoms. The number of amides is 1. The van der Waals surface area contributed by atoms with Crippen molar-refractivity contribution in [3.05, 3.63) is 22.4 Å². The molecule has 19 heavy (non-hydrogen) atoms. The van der Waals surface area contributed by atoms with E-state index in [9.17, 15) is 14.4 Å². The number of ether oxygens (including phenoxy) is 2. The van der Waals surface area contributed by atoms with Gasteiger partial charge in [-0.05, 0) is 18.4 Å². The number of nitrogens with one attached hydrogen (secondary N) is 1. The van der Waals surface area contributed by atoms with Gasteiger partial charge < -0.3 is 14.8 Å². The van der Waals surface area contributed by atoms with Gasteiger partial charge in [0.25, 0.3) is 0 Å². The Bertz CT molecular complexity index is 457. The summed E-state index contributed by atoms with van der Waals surface area (Å²) in [7, 11) is 2.41. The summed E-state index contributed by atoms with van der Waals surface area (Å²) >= 11 is 1.33. The molecule has 0 saturated carbocycles. The lowest BCUT2D eigenvalue weighted by atomic mass is 9.94. The topological polar surface area (TPSA) is 81.7 Å². The molecule has 2 atom stereocenters. The van der Waals surface area contributed by atoms with Gasteiger partial charge in [0.1, 0.15) is 11.7 Å². The minimum atomic E-state index is -1.09. The fourth-order valence-corrected chi connectivity index (χ4v) is 2.45. The number of methoxy groups -OCH3 is 2. The summed E-state index contributed by atoms with van der Waals surface area (Å²) in [5.41, 5.74) is 0. The van der Waals surface area contributed by atoms with Crippen LogP contribution in [0.1, 0.15) is 17.8 Å². The first-order valence-electron chi connectivity index (χ1n) is 5.47. The van der Waals surface area contributed by atoms with Gasteiger partial charge in [0.2, 0.25) is 0 Å². The standard InChI is InChI=1S/C12H15NO5S/c1-7(14)9(11(15)17-2)10(13-12(16)18-3)8-5-4-6-19-8/h4-6,9-10H,1-3H3,(H,13,16). The van der Waals surface area contributed by atoms with Crippen molar-refractivity contribution >= 4 is 29.2 Å². The van der Waals surface area contributed by atoms with Crippen molar-refractivity contribution in [3.8, 4) is 0 Å². The predicted molar refractivity (Wildman–Crippen MR) is 68.8 cm³/mol. The van der Waals surface area contributed by atoms with Crippen LogP contribution in [0, 0.1) is 5.92 Å². The van der Waals surface area contributed by atoms with Crippen LogP contribution in [0.4, 0.5) is 4.79 Å². The Balaban J connectivity index is 3.09. The summed E-state index contributed by atoms with van der Waals surface area (Å²) < 4.78 is 9.13. The minimum Gasteiger partial charge on any atom is -0.468 e. The van der Waals surface area contributed by atoms with E-state index in [0.29, 0.717) is 4.88 Å². The van der Waals surface area contributed by atoms with Gasteiger partial charge in [-0.25, -0.2) is 4.79 Å². The molecule has 0 aliphatic rings. The molecule has 1 aromatic heterocycles. The molecule has 0 aromatic carbocycles. The van der Waals surface area contributed by atoms with E-state index >= 15 is 0 Å². The van der Waals surface area contributed by atoms with Crippen LogP contribution < -0.4 is 5.32 Å². The average molecular weight is 285 g/mol. The van der Waals surface area contributed by atoms with Gasteiger partial charge in [-0.15, -0.1) is 11.3 Å². The Morgan fingerprint density at radius 2 is 1.95 bits per heavy atom. The predicted octanol–water partition coefficient (Wildman–Crippen LogP) is 1.52. The second kappa shape index (κ2) is 6.89. The quantitative estimate of drug-likeness (QED) is 0.655. The van der Waals surface area contributed by atoms with Crippen molar-refractivity contribution in [2.45, 2.75) is 13.0 Å². The van der Waals surface area contributed by atoms with E-state index in [0.717, 1.165) is 0 Å². The summed E-state index contributed by atoms with van der Waals surface area (Å²) in [5.74, 6) is -2.17. The molecule has 7 heteroatoms. The van der Waals surface area contributed by atoms with Gasteiger partial charge in [0.15, 0.2) is 0 Å². The Kier molecular flexibility index (Phi) is 5.50. The molecule has 2 unspecified atom stereocenters. The second-order valence-corrected chi connectivity index (χ2v) is 4.72. The van der Waals surface area contributed by atoms with Crippen molar-refractivity contribution in [3.63, 3.8) is 0 Å². The molecule has 0 aliphatic carbocycles. The first-order valence-corrected chi connectivity index (χ1v) is 6.35. The number of hydrogen-bond donors (Lipinski definition) is 1. The molecule has 0 radical (unpaired) electrons. The number of carbonyl (C=O) groups excluding carboxylic acids is 3. The van der Waals surface area contributed by atoms with E-state index in [2.05, 4.69) is 14.8 Å². The number of Topliss-reactive ketones (excluding diaryl/α,β-unsaturated/α-hetero) is 1. The highest BCUT2D eigenvalue weighted by Gasteiger charge is 2.36.